The molecule has 0 spiro atoms. The zero-order valence-corrected chi connectivity index (χ0v) is 28.0. The van der Waals surface area contributed by atoms with Gasteiger partial charge in [0, 0.05) is 37.9 Å². The van der Waals surface area contributed by atoms with Gasteiger partial charge in [-0.15, -0.1) is 0 Å². The second-order valence-electron chi connectivity index (χ2n) is 12.2. The fraction of sp³-hybridized carbons (Fsp3) is 0.486. The molecule has 3 aromatic rings. The summed E-state index contributed by atoms with van der Waals surface area (Å²) < 4.78 is 45.0. The van der Waals surface area contributed by atoms with Gasteiger partial charge in [0.05, 0.1) is 25.8 Å². The van der Waals surface area contributed by atoms with E-state index >= 15 is 0 Å². The minimum atomic E-state index is -5.08. The van der Waals surface area contributed by atoms with E-state index < -0.39 is 12.1 Å². The fourth-order valence-corrected chi connectivity index (χ4v) is 5.89. The standard InChI is InChI=1S/C33H43N5O5.C2HF3O2/c1-37-22-27(21-35-37)25-9-7-24(8-10-25)14-19-42-20-15-31(41)38(28-5-3-2-4-6-28)18-17-34-16-13-26-11-12-29(39)32-33(26)43-23-30(40)36-32;3-2(4,5)1(6)7/h7-12,21-22,28,34,39H,2-6,13-20,23H2,1H3,(H,36,40);(H,6,7). The van der Waals surface area contributed by atoms with Crippen LogP contribution in [0.5, 0.6) is 11.5 Å². The first-order valence-corrected chi connectivity index (χ1v) is 16.7. The number of benzene rings is 2. The number of aliphatic carboxylic acids is 1. The summed E-state index contributed by atoms with van der Waals surface area (Å²) in [5.74, 6) is -2.34. The molecule has 2 amide bonds. The molecule has 1 saturated carbocycles. The van der Waals surface area contributed by atoms with Crippen molar-refractivity contribution >= 4 is 23.5 Å². The van der Waals surface area contributed by atoms with Gasteiger partial charge in [-0.3, -0.25) is 14.3 Å². The Morgan fingerprint density at radius 3 is 2.44 bits per heavy atom. The highest BCUT2D eigenvalue weighted by atomic mass is 19.4. The number of ether oxygens (including phenoxy) is 2. The molecule has 2 heterocycles. The number of nitrogens with one attached hydrogen (secondary N) is 2. The molecule has 272 valence electrons. The van der Waals surface area contributed by atoms with Gasteiger partial charge in [0.15, 0.2) is 12.4 Å². The van der Waals surface area contributed by atoms with Crippen LogP contribution in [0.4, 0.5) is 18.9 Å². The number of carboxylic acid groups (broad SMARTS) is 1. The number of rotatable bonds is 14. The maximum absolute atomic E-state index is 13.3. The maximum Gasteiger partial charge on any atom is 0.490 e. The lowest BCUT2D eigenvalue weighted by molar-refractivity contribution is -0.192. The number of nitrogens with zero attached hydrogens (tertiary/aromatic N) is 3. The topological polar surface area (TPSA) is 155 Å². The van der Waals surface area contributed by atoms with Gasteiger partial charge >= 0.3 is 12.1 Å². The monoisotopic (exact) mass is 703 g/mol. The fourth-order valence-electron chi connectivity index (χ4n) is 5.89. The number of aromatic nitrogens is 2. The largest absolute Gasteiger partial charge is 0.506 e. The van der Waals surface area contributed by atoms with E-state index in [-0.39, 0.29) is 24.2 Å². The number of carbonyl (C=O) groups excluding carboxylic acids is 2. The van der Waals surface area contributed by atoms with Crippen molar-refractivity contribution in [1.29, 1.82) is 0 Å². The summed E-state index contributed by atoms with van der Waals surface area (Å²) in [6.45, 7) is 2.99. The Labute approximate surface area is 288 Å². The Morgan fingerprint density at radius 1 is 1.06 bits per heavy atom. The van der Waals surface area contributed by atoms with Gasteiger partial charge in [-0.2, -0.15) is 18.3 Å². The quantitative estimate of drug-likeness (QED) is 0.138. The molecule has 15 heteroatoms. The molecule has 1 aromatic heterocycles. The number of carbonyl (C=O) groups is 3. The molecule has 4 N–H and O–H groups in total. The van der Waals surface area contributed by atoms with Gasteiger partial charge in [-0.25, -0.2) is 4.79 Å². The highest BCUT2D eigenvalue weighted by Crippen LogP contribution is 2.39. The molecule has 50 heavy (non-hydrogen) atoms. The van der Waals surface area contributed by atoms with Crippen LogP contribution in [0.3, 0.4) is 0 Å². The molecule has 0 bridgehead atoms. The van der Waals surface area contributed by atoms with E-state index in [0.29, 0.717) is 63.2 Å². The smallest absolute Gasteiger partial charge is 0.490 e. The first-order valence-electron chi connectivity index (χ1n) is 16.7. The van der Waals surface area contributed by atoms with E-state index in [2.05, 4.69) is 44.9 Å². The van der Waals surface area contributed by atoms with Crippen molar-refractivity contribution in [1.82, 2.24) is 20.0 Å². The number of alkyl halides is 3. The van der Waals surface area contributed by atoms with E-state index in [9.17, 15) is 27.9 Å². The lowest BCUT2D eigenvalue weighted by Crippen LogP contribution is -2.45. The van der Waals surface area contributed by atoms with Gasteiger partial charge in [0.25, 0.3) is 5.91 Å². The maximum atomic E-state index is 13.3. The normalized spacial score (nSPS) is 14.5. The number of hydrogen-bond donors (Lipinski definition) is 4. The lowest BCUT2D eigenvalue weighted by Gasteiger charge is -2.34. The van der Waals surface area contributed by atoms with Crippen molar-refractivity contribution in [2.24, 2.45) is 7.05 Å². The number of anilines is 1. The zero-order valence-electron chi connectivity index (χ0n) is 28.0. The highest BCUT2D eigenvalue weighted by Gasteiger charge is 2.38. The summed E-state index contributed by atoms with van der Waals surface area (Å²) in [6, 6.07) is 12.2. The summed E-state index contributed by atoms with van der Waals surface area (Å²) in [4.78, 5) is 35.9. The predicted molar refractivity (Wildman–Crippen MR) is 179 cm³/mol. The van der Waals surface area contributed by atoms with Gasteiger partial charge in [-0.1, -0.05) is 49.6 Å². The minimum absolute atomic E-state index is 0.000764. The van der Waals surface area contributed by atoms with Gasteiger partial charge in [0.2, 0.25) is 5.91 Å². The van der Waals surface area contributed by atoms with E-state index in [4.69, 9.17) is 19.4 Å². The van der Waals surface area contributed by atoms with Gasteiger partial charge in [-0.05, 0) is 55.0 Å². The molecule has 5 rings (SSSR count). The third-order valence-corrected chi connectivity index (χ3v) is 8.50. The Hall–Kier alpha value is -4.63. The number of fused-ring (bicyclic) bond motifs is 1. The SMILES string of the molecule is Cn1cc(-c2ccc(CCOCCC(=O)N(CCNCCc3ccc(O)c4c3OCC(=O)N4)C3CCCCC3)cc2)cn1.O=C(O)C(F)(F)F. The minimum Gasteiger partial charge on any atom is -0.506 e. The van der Waals surface area contributed by atoms with Crippen LogP contribution in [0.15, 0.2) is 48.8 Å². The molecule has 0 atom stereocenters. The van der Waals surface area contributed by atoms with Crippen molar-refractivity contribution in [2.45, 2.75) is 63.6 Å². The summed E-state index contributed by atoms with van der Waals surface area (Å²) in [5.41, 5.74) is 4.70. The van der Waals surface area contributed by atoms with Crippen molar-refractivity contribution < 1.29 is 47.2 Å². The third kappa shape index (κ3) is 11.5. The number of aromatic hydroxyl groups is 1. The van der Waals surface area contributed by atoms with Crippen molar-refractivity contribution in [3.63, 3.8) is 0 Å². The third-order valence-electron chi connectivity index (χ3n) is 8.50. The number of halogens is 3. The van der Waals surface area contributed by atoms with Crippen LogP contribution < -0.4 is 15.4 Å². The Balaban J connectivity index is 0.000000727. The van der Waals surface area contributed by atoms with Crippen molar-refractivity contribution in [2.75, 3.05) is 44.8 Å². The molecular weight excluding hydrogens is 659 g/mol. The van der Waals surface area contributed by atoms with Gasteiger partial charge < -0.3 is 35.2 Å². The van der Waals surface area contributed by atoms with Crippen LogP contribution in [0, 0.1) is 0 Å². The molecule has 2 aromatic carbocycles. The second kappa shape index (κ2) is 18.4. The van der Waals surface area contributed by atoms with Crippen LogP contribution in [0.2, 0.25) is 0 Å². The van der Waals surface area contributed by atoms with Crippen molar-refractivity contribution in [3.05, 3.63) is 59.9 Å². The molecule has 0 radical (unpaired) electrons. The average molecular weight is 704 g/mol. The zero-order chi connectivity index (χ0) is 36.1. The number of hydrogen-bond acceptors (Lipinski definition) is 8. The highest BCUT2D eigenvalue weighted by molar-refractivity contribution is 5.97. The first-order chi connectivity index (χ1) is 23.9. The van der Waals surface area contributed by atoms with Gasteiger partial charge in [0.1, 0.15) is 11.4 Å². The van der Waals surface area contributed by atoms with E-state index in [1.807, 2.05) is 25.5 Å². The molecular formula is C35H44F3N5O7. The molecule has 1 aliphatic heterocycles. The lowest BCUT2D eigenvalue weighted by atomic mass is 9.94. The first kappa shape index (κ1) is 38.2. The van der Waals surface area contributed by atoms with Crippen LogP contribution in [-0.4, -0.2) is 94.4 Å². The Morgan fingerprint density at radius 2 is 1.78 bits per heavy atom. The van der Waals surface area contributed by atoms with Crippen LogP contribution in [0.25, 0.3) is 11.1 Å². The molecule has 0 saturated heterocycles. The molecule has 1 aliphatic carbocycles. The predicted octanol–water partition coefficient (Wildman–Crippen LogP) is 4.70. The molecule has 0 unspecified atom stereocenters. The second-order valence-corrected chi connectivity index (χ2v) is 12.2. The van der Waals surface area contributed by atoms with Crippen LogP contribution >= 0.6 is 0 Å². The molecule has 2 aliphatic rings. The number of aryl methyl sites for hydroxylation is 1. The summed E-state index contributed by atoms with van der Waals surface area (Å²) in [7, 11) is 1.91. The van der Waals surface area contributed by atoms with Crippen molar-refractivity contribution in [3.8, 4) is 22.6 Å². The molecule has 12 nitrogen and oxygen atoms in total. The Kier molecular flexibility index (Phi) is 14.0. The number of phenols is 1. The summed E-state index contributed by atoms with van der Waals surface area (Å²) >= 11 is 0. The Bertz CT molecular complexity index is 1570. The van der Waals surface area contributed by atoms with Crippen LogP contribution in [-0.2, 0) is 39.0 Å². The van der Waals surface area contributed by atoms with E-state index in [0.717, 1.165) is 36.0 Å². The van der Waals surface area contributed by atoms with E-state index in [1.54, 1.807) is 10.7 Å². The summed E-state index contributed by atoms with van der Waals surface area (Å²) in [5, 5.41) is 27.6. The average Bonchev–Trinajstić information content (AvgIpc) is 3.53. The number of carboxylic acids is 1. The molecule has 1 fully saturated rings. The number of phenolic OH excluding ortho intramolecular Hbond substituents is 1. The summed E-state index contributed by atoms with van der Waals surface area (Å²) in [6.07, 6.45) is 6.35. The van der Waals surface area contributed by atoms with E-state index in [1.165, 1.54) is 24.8 Å². The number of amides is 2. The van der Waals surface area contributed by atoms with Crippen LogP contribution in [0.1, 0.15) is 49.7 Å².